The molecular weight excluding hydrogens is 404 g/mol. The number of halogens is 1. The van der Waals surface area contributed by atoms with Crippen molar-refractivity contribution in [1.29, 1.82) is 0 Å². The maximum absolute atomic E-state index is 12.2. The van der Waals surface area contributed by atoms with Crippen molar-refractivity contribution < 1.29 is 18.8 Å². The molecule has 0 bridgehead atoms. The van der Waals surface area contributed by atoms with E-state index in [-0.39, 0.29) is 5.91 Å². The Bertz CT molecular complexity index is 1070. The van der Waals surface area contributed by atoms with Gasteiger partial charge in [-0.05, 0) is 62.2 Å². The molecule has 0 aliphatic carbocycles. The summed E-state index contributed by atoms with van der Waals surface area (Å²) in [5.74, 6) is 1.60. The fourth-order valence-corrected chi connectivity index (χ4v) is 3.12. The van der Waals surface area contributed by atoms with Gasteiger partial charge in [0.2, 0.25) is 5.91 Å². The number of benzene rings is 2. The largest absolute Gasteiger partial charge is 0.493 e. The molecule has 1 N–H and O–H groups in total. The second-order valence-electron chi connectivity index (χ2n) is 6.81. The van der Waals surface area contributed by atoms with Crippen LogP contribution in [0.15, 0.2) is 47.0 Å². The SMILES string of the molecule is COc1cc(C=CC(=O)Nc2ccc(C)cc2Cl)ccc1OCc1c(C)noc1C. The molecule has 1 heterocycles. The Morgan fingerprint density at radius 1 is 1.17 bits per heavy atom. The Morgan fingerprint density at radius 3 is 2.63 bits per heavy atom. The summed E-state index contributed by atoms with van der Waals surface area (Å²) in [7, 11) is 1.57. The van der Waals surface area contributed by atoms with Gasteiger partial charge in [-0.2, -0.15) is 0 Å². The van der Waals surface area contributed by atoms with Crippen molar-refractivity contribution in [2.45, 2.75) is 27.4 Å². The van der Waals surface area contributed by atoms with E-state index in [0.717, 1.165) is 28.1 Å². The van der Waals surface area contributed by atoms with Crippen LogP contribution >= 0.6 is 11.6 Å². The number of carbonyl (C=O) groups excluding carboxylic acids is 1. The average Bonchev–Trinajstić information content (AvgIpc) is 3.04. The third-order valence-corrected chi connectivity index (χ3v) is 4.86. The highest BCUT2D eigenvalue weighted by Crippen LogP contribution is 2.30. The molecule has 156 valence electrons. The number of nitrogens with one attached hydrogen (secondary N) is 1. The van der Waals surface area contributed by atoms with Gasteiger partial charge in [-0.15, -0.1) is 0 Å². The number of nitrogens with zero attached hydrogens (tertiary/aromatic N) is 1. The molecule has 0 unspecified atom stereocenters. The molecule has 6 nitrogen and oxygen atoms in total. The van der Waals surface area contributed by atoms with Gasteiger partial charge in [0.25, 0.3) is 0 Å². The van der Waals surface area contributed by atoms with E-state index < -0.39 is 0 Å². The highest BCUT2D eigenvalue weighted by molar-refractivity contribution is 6.33. The Labute approximate surface area is 180 Å². The van der Waals surface area contributed by atoms with E-state index in [9.17, 15) is 4.79 Å². The van der Waals surface area contributed by atoms with Gasteiger partial charge in [-0.25, -0.2) is 0 Å². The minimum absolute atomic E-state index is 0.279. The van der Waals surface area contributed by atoms with Crippen LogP contribution in [0, 0.1) is 20.8 Å². The lowest BCUT2D eigenvalue weighted by atomic mass is 10.1. The van der Waals surface area contributed by atoms with Gasteiger partial charge < -0.3 is 19.3 Å². The van der Waals surface area contributed by atoms with Crippen molar-refractivity contribution >= 4 is 29.3 Å². The molecule has 1 amide bonds. The quantitative estimate of drug-likeness (QED) is 0.505. The molecule has 1 aromatic heterocycles. The van der Waals surface area contributed by atoms with Crippen LogP contribution in [0.25, 0.3) is 6.08 Å². The molecule has 7 heteroatoms. The number of aromatic nitrogens is 1. The molecule has 0 spiro atoms. The minimum atomic E-state index is -0.279. The van der Waals surface area contributed by atoms with Gasteiger partial charge in [0.15, 0.2) is 11.5 Å². The van der Waals surface area contributed by atoms with E-state index in [0.29, 0.717) is 28.8 Å². The van der Waals surface area contributed by atoms with Crippen LogP contribution < -0.4 is 14.8 Å². The molecule has 0 saturated heterocycles. The van der Waals surface area contributed by atoms with Crippen LogP contribution in [-0.2, 0) is 11.4 Å². The number of carbonyl (C=O) groups is 1. The molecule has 3 rings (SSSR count). The highest BCUT2D eigenvalue weighted by Gasteiger charge is 2.12. The molecular formula is C23H23ClN2O4. The van der Waals surface area contributed by atoms with E-state index in [1.165, 1.54) is 6.08 Å². The monoisotopic (exact) mass is 426 g/mol. The summed E-state index contributed by atoms with van der Waals surface area (Å²) in [5.41, 5.74) is 4.09. The molecule has 3 aromatic rings. The molecule has 0 aliphatic rings. The molecule has 0 atom stereocenters. The van der Waals surface area contributed by atoms with E-state index in [1.54, 1.807) is 37.5 Å². The van der Waals surface area contributed by atoms with Gasteiger partial charge in [-0.1, -0.05) is 28.9 Å². The zero-order valence-corrected chi connectivity index (χ0v) is 18.0. The third-order valence-electron chi connectivity index (χ3n) is 4.55. The zero-order valence-electron chi connectivity index (χ0n) is 17.3. The van der Waals surface area contributed by atoms with Crippen LogP contribution in [0.1, 0.15) is 28.1 Å². The van der Waals surface area contributed by atoms with Gasteiger partial charge in [0.05, 0.1) is 29.1 Å². The number of anilines is 1. The van der Waals surface area contributed by atoms with Gasteiger partial charge in [-0.3, -0.25) is 4.79 Å². The lowest BCUT2D eigenvalue weighted by Crippen LogP contribution is -2.08. The van der Waals surface area contributed by atoms with Crippen molar-refractivity contribution in [2.24, 2.45) is 0 Å². The lowest BCUT2D eigenvalue weighted by molar-refractivity contribution is -0.111. The average molecular weight is 427 g/mol. The maximum Gasteiger partial charge on any atom is 0.248 e. The first-order chi connectivity index (χ1) is 14.4. The second-order valence-corrected chi connectivity index (χ2v) is 7.21. The number of aryl methyl sites for hydroxylation is 3. The normalized spacial score (nSPS) is 11.0. The van der Waals surface area contributed by atoms with Crippen molar-refractivity contribution in [3.63, 3.8) is 0 Å². The molecule has 0 saturated carbocycles. The predicted molar refractivity (Wildman–Crippen MR) is 117 cm³/mol. The number of methoxy groups -OCH3 is 1. The fraction of sp³-hybridized carbons (Fsp3) is 0.217. The topological polar surface area (TPSA) is 73.6 Å². The predicted octanol–water partition coefficient (Wildman–Crippen LogP) is 5.49. The van der Waals surface area contributed by atoms with E-state index in [4.69, 9.17) is 25.6 Å². The van der Waals surface area contributed by atoms with Crippen molar-refractivity contribution in [2.75, 3.05) is 12.4 Å². The first kappa shape index (κ1) is 21.5. The molecule has 0 aliphatic heterocycles. The molecule has 0 fully saturated rings. The summed E-state index contributed by atoms with van der Waals surface area (Å²) in [6.45, 7) is 5.98. The zero-order chi connectivity index (χ0) is 21.7. The second kappa shape index (κ2) is 9.50. The summed E-state index contributed by atoms with van der Waals surface area (Å²) in [5, 5.41) is 7.19. The molecule has 30 heavy (non-hydrogen) atoms. The summed E-state index contributed by atoms with van der Waals surface area (Å²) < 4.78 is 16.5. The standard InChI is InChI=1S/C23H23ClN2O4/c1-14-5-8-20(19(24)11-14)25-23(27)10-7-17-6-9-21(22(12-17)28-4)29-13-18-15(2)26-30-16(18)3/h5-12H,13H2,1-4H3,(H,25,27). The van der Waals surface area contributed by atoms with E-state index in [2.05, 4.69) is 10.5 Å². The number of amides is 1. The summed E-state index contributed by atoms with van der Waals surface area (Å²) in [4.78, 5) is 12.2. The first-order valence-corrected chi connectivity index (χ1v) is 9.73. The van der Waals surface area contributed by atoms with Gasteiger partial charge in [0, 0.05) is 6.08 Å². The number of hydrogen-bond acceptors (Lipinski definition) is 5. The maximum atomic E-state index is 12.2. The molecule has 2 aromatic carbocycles. The summed E-state index contributed by atoms with van der Waals surface area (Å²) >= 11 is 6.15. The number of rotatable bonds is 7. The van der Waals surface area contributed by atoms with Crippen molar-refractivity contribution in [3.05, 3.63) is 75.6 Å². The Kier molecular flexibility index (Phi) is 6.79. The fourth-order valence-electron chi connectivity index (χ4n) is 2.83. The van der Waals surface area contributed by atoms with E-state index >= 15 is 0 Å². The smallest absolute Gasteiger partial charge is 0.248 e. The van der Waals surface area contributed by atoms with Gasteiger partial charge >= 0.3 is 0 Å². The summed E-state index contributed by atoms with van der Waals surface area (Å²) in [6.07, 6.45) is 3.13. The number of ether oxygens (including phenoxy) is 2. The summed E-state index contributed by atoms with van der Waals surface area (Å²) in [6, 6.07) is 10.9. The van der Waals surface area contributed by atoms with Crippen molar-refractivity contribution in [3.8, 4) is 11.5 Å². The van der Waals surface area contributed by atoms with Gasteiger partial charge in [0.1, 0.15) is 12.4 Å². The van der Waals surface area contributed by atoms with Crippen LogP contribution in [-0.4, -0.2) is 18.2 Å². The Morgan fingerprint density at radius 2 is 1.97 bits per heavy atom. The first-order valence-electron chi connectivity index (χ1n) is 9.35. The van der Waals surface area contributed by atoms with E-state index in [1.807, 2.05) is 32.9 Å². The van der Waals surface area contributed by atoms with Crippen LogP contribution in [0.2, 0.25) is 5.02 Å². The molecule has 0 radical (unpaired) electrons. The number of hydrogen-bond donors (Lipinski definition) is 1. The highest BCUT2D eigenvalue weighted by atomic mass is 35.5. The van der Waals surface area contributed by atoms with Crippen LogP contribution in [0.3, 0.4) is 0 Å². The Hall–Kier alpha value is -3.25. The Balaban J connectivity index is 1.67. The lowest BCUT2D eigenvalue weighted by Gasteiger charge is -2.11. The minimum Gasteiger partial charge on any atom is -0.493 e. The van der Waals surface area contributed by atoms with Crippen LogP contribution in [0.5, 0.6) is 11.5 Å². The van der Waals surface area contributed by atoms with Crippen molar-refractivity contribution in [1.82, 2.24) is 5.16 Å². The van der Waals surface area contributed by atoms with Crippen LogP contribution in [0.4, 0.5) is 5.69 Å². The third kappa shape index (κ3) is 5.21.